The highest BCUT2D eigenvalue weighted by Crippen LogP contribution is 2.34. The second-order valence-corrected chi connectivity index (χ2v) is 5.81. The van der Waals surface area contributed by atoms with Gasteiger partial charge in [-0.25, -0.2) is 4.79 Å². The fraction of sp³-hybridized carbons (Fsp3) is 0.154. The molecule has 4 nitrogen and oxygen atoms in total. The Morgan fingerprint density at radius 3 is 2.58 bits per heavy atom. The number of hydrogen-bond acceptors (Lipinski definition) is 4. The van der Waals surface area contributed by atoms with Crippen LogP contribution in [-0.4, -0.2) is 21.3 Å². The van der Waals surface area contributed by atoms with Crippen LogP contribution in [0.4, 0.5) is 0 Å². The van der Waals surface area contributed by atoms with Crippen molar-refractivity contribution in [2.75, 3.05) is 0 Å². The molecule has 98 valence electrons. The summed E-state index contributed by atoms with van der Waals surface area (Å²) < 4.78 is 0.899. The van der Waals surface area contributed by atoms with E-state index in [4.69, 9.17) is 0 Å². The van der Waals surface area contributed by atoms with Gasteiger partial charge in [0.15, 0.2) is 0 Å². The van der Waals surface area contributed by atoms with Crippen LogP contribution < -0.4 is 0 Å². The molecule has 0 amide bonds. The molecule has 0 aliphatic heterocycles. The third-order valence-corrected chi connectivity index (χ3v) is 4.69. The van der Waals surface area contributed by atoms with E-state index in [9.17, 15) is 9.90 Å². The van der Waals surface area contributed by atoms with Gasteiger partial charge in [0.2, 0.25) is 0 Å². The predicted molar refractivity (Wildman–Crippen MR) is 76.7 cm³/mol. The number of carboxylic acids is 1. The molecule has 1 aromatic carbocycles. The minimum absolute atomic E-state index is 0.216. The van der Waals surface area contributed by atoms with E-state index in [1.54, 1.807) is 13.8 Å². The summed E-state index contributed by atoms with van der Waals surface area (Å²) in [6.07, 6.45) is 0. The summed E-state index contributed by atoms with van der Waals surface area (Å²) in [6.45, 7) is 3.50. The van der Waals surface area contributed by atoms with Crippen LogP contribution in [0.2, 0.25) is 0 Å². The van der Waals surface area contributed by atoms with E-state index >= 15 is 0 Å². The number of carbonyl (C=O) groups is 1. The number of benzene rings is 1. The van der Waals surface area contributed by atoms with Crippen molar-refractivity contribution in [2.45, 2.75) is 23.8 Å². The van der Waals surface area contributed by atoms with E-state index < -0.39 is 5.97 Å². The van der Waals surface area contributed by atoms with Crippen molar-refractivity contribution in [1.29, 1.82) is 0 Å². The van der Waals surface area contributed by atoms with E-state index in [2.05, 4.69) is 26.1 Å². The van der Waals surface area contributed by atoms with Crippen molar-refractivity contribution in [2.24, 2.45) is 0 Å². The van der Waals surface area contributed by atoms with Gasteiger partial charge < -0.3 is 5.11 Å². The van der Waals surface area contributed by atoms with Gasteiger partial charge in [-0.1, -0.05) is 23.9 Å². The summed E-state index contributed by atoms with van der Waals surface area (Å²) in [4.78, 5) is 12.3. The average Bonchev–Trinajstić information content (AvgIpc) is 2.36. The maximum atomic E-state index is 11.4. The van der Waals surface area contributed by atoms with E-state index in [1.807, 2.05) is 24.3 Å². The number of aromatic nitrogens is 2. The Morgan fingerprint density at radius 2 is 1.95 bits per heavy atom. The van der Waals surface area contributed by atoms with Crippen molar-refractivity contribution in [3.05, 3.63) is 45.6 Å². The molecule has 0 saturated heterocycles. The highest BCUT2D eigenvalue weighted by atomic mass is 79.9. The number of aromatic carboxylic acids is 1. The van der Waals surface area contributed by atoms with Crippen LogP contribution in [0.15, 0.2) is 38.7 Å². The first-order valence-electron chi connectivity index (χ1n) is 5.50. The molecular formula is C13H11BrN2O2S. The van der Waals surface area contributed by atoms with Gasteiger partial charge in [0.05, 0.1) is 11.3 Å². The summed E-state index contributed by atoms with van der Waals surface area (Å²) in [5.41, 5.74) is 1.50. The average molecular weight is 339 g/mol. The zero-order valence-corrected chi connectivity index (χ0v) is 12.7. The fourth-order valence-electron chi connectivity index (χ4n) is 1.54. The molecule has 0 spiro atoms. The Labute approximate surface area is 123 Å². The standard InChI is InChI=1S/C13H11BrN2O2S/c1-7-8(2)15-16-12(11(7)13(17)18)19-10-6-4-3-5-9(10)14/h3-6H,1-2H3,(H,17,18). The van der Waals surface area contributed by atoms with Gasteiger partial charge in [-0.15, -0.1) is 5.10 Å². The SMILES string of the molecule is Cc1nnc(Sc2ccccc2Br)c(C(=O)O)c1C. The maximum absolute atomic E-state index is 11.4. The van der Waals surface area contributed by atoms with Crippen molar-refractivity contribution in [1.82, 2.24) is 10.2 Å². The Balaban J connectivity index is 2.49. The third kappa shape index (κ3) is 2.96. The van der Waals surface area contributed by atoms with Gasteiger partial charge >= 0.3 is 5.97 Å². The van der Waals surface area contributed by atoms with Gasteiger partial charge in [0.25, 0.3) is 0 Å². The van der Waals surface area contributed by atoms with Crippen LogP contribution in [0.25, 0.3) is 0 Å². The maximum Gasteiger partial charge on any atom is 0.338 e. The lowest BCUT2D eigenvalue weighted by Crippen LogP contribution is -2.08. The Bertz CT molecular complexity index is 647. The first kappa shape index (κ1) is 14.0. The van der Waals surface area contributed by atoms with Crippen LogP contribution in [0.3, 0.4) is 0 Å². The summed E-state index contributed by atoms with van der Waals surface area (Å²) in [6, 6.07) is 7.59. The van der Waals surface area contributed by atoms with E-state index in [0.29, 0.717) is 16.3 Å². The lowest BCUT2D eigenvalue weighted by atomic mass is 10.1. The molecule has 0 aliphatic rings. The van der Waals surface area contributed by atoms with Crippen molar-refractivity contribution in [3.63, 3.8) is 0 Å². The molecule has 0 radical (unpaired) electrons. The second kappa shape index (κ2) is 5.71. The molecular weight excluding hydrogens is 328 g/mol. The van der Waals surface area contributed by atoms with Gasteiger partial charge in [0, 0.05) is 9.37 Å². The van der Waals surface area contributed by atoms with Crippen LogP contribution >= 0.6 is 27.7 Å². The molecule has 19 heavy (non-hydrogen) atoms. The molecule has 1 N–H and O–H groups in total. The Hall–Kier alpha value is -1.40. The van der Waals surface area contributed by atoms with Crippen LogP contribution in [0.1, 0.15) is 21.6 Å². The third-order valence-electron chi connectivity index (χ3n) is 2.68. The number of aryl methyl sites for hydroxylation is 1. The Kier molecular flexibility index (Phi) is 4.21. The molecule has 0 aliphatic carbocycles. The minimum atomic E-state index is -0.981. The van der Waals surface area contributed by atoms with Crippen LogP contribution in [-0.2, 0) is 0 Å². The first-order chi connectivity index (χ1) is 9.00. The molecule has 2 rings (SSSR count). The quantitative estimate of drug-likeness (QED) is 0.924. The van der Waals surface area contributed by atoms with E-state index in [0.717, 1.165) is 9.37 Å². The smallest absolute Gasteiger partial charge is 0.338 e. The van der Waals surface area contributed by atoms with E-state index in [-0.39, 0.29) is 5.56 Å². The summed E-state index contributed by atoms with van der Waals surface area (Å²) in [7, 11) is 0. The molecule has 6 heteroatoms. The minimum Gasteiger partial charge on any atom is -0.478 e. The lowest BCUT2D eigenvalue weighted by molar-refractivity contribution is 0.0690. The highest BCUT2D eigenvalue weighted by Gasteiger charge is 2.19. The summed E-state index contributed by atoms with van der Waals surface area (Å²) >= 11 is 4.72. The lowest BCUT2D eigenvalue weighted by Gasteiger charge is -2.09. The molecule has 0 saturated carbocycles. The van der Waals surface area contributed by atoms with Crippen molar-refractivity contribution >= 4 is 33.7 Å². The monoisotopic (exact) mass is 338 g/mol. The predicted octanol–water partition coefficient (Wildman–Crippen LogP) is 3.71. The molecule has 1 aromatic heterocycles. The zero-order valence-electron chi connectivity index (χ0n) is 10.3. The summed E-state index contributed by atoms with van der Waals surface area (Å²) in [5, 5.41) is 17.7. The molecule has 0 bridgehead atoms. The zero-order chi connectivity index (χ0) is 14.0. The number of halogens is 1. The molecule has 1 heterocycles. The molecule has 2 aromatic rings. The van der Waals surface area contributed by atoms with Crippen molar-refractivity contribution < 1.29 is 9.90 Å². The van der Waals surface area contributed by atoms with Gasteiger partial charge in [-0.05, 0) is 47.5 Å². The number of hydrogen-bond donors (Lipinski definition) is 1. The Morgan fingerprint density at radius 1 is 1.26 bits per heavy atom. The number of carboxylic acid groups (broad SMARTS) is 1. The number of nitrogens with zero attached hydrogens (tertiary/aromatic N) is 2. The van der Waals surface area contributed by atoms with Gasteiger partial charge in [-0.3, -0.25) is 0 Å². The van der Waals surface area contributed by atoms with Crippen molar-refractivity contribution in [3.8, 4) is 0 Å². The van der Waals surface area contributed by atoms with E-state index in [1.165, 1.54) is 11.8 Å². The fourth-order valence-corrected chi connectivity index (χ4v) is 3.01. The van der Waals surface area contributed by atoms with Gasteiger partial charge in [-0.2, -0.15) is 5.10 Å². The topological polar surface area (TPSA) is 63.1 Å². The second-order valence-electron chi connectivity index (χ2n) is 3.93. The number of rotatable bonds is 3. The highest BCUT2D eigenvalue weighted by molar-refractivity contribution is 9.10. The van der Waals surface area contributed by atoms with Crippen LogP contribution in [0.5, 0.6) is 0 Å². The van der Waals surface area contributed by atoms with Gasteiger partial charge in [0.1, 0.15) is 5.03 Å². The first-order valence-corrected chi connectivity index (χ1v) is 7.11. The molecule has 0 atom stereocenters. The summed E-state index contributed by atoms with van der Waals surface area (Å²) in [5.74, 6) is -0.981. The largest absolute Gasteiger partial charge is 0.478 e. The molecule has 0 fully saturated rings. The van der Waals surface area contributed by atoms with Crippen LogP contribution in [0, 0.1) is 13.8 Å². The molecule has 0 unspecified atom stereocenters. The normalized spacial score (nSPS) is 10.5.